The molecule has 1 aliphatic carbocycles. The number of carbonyl (C=O) groups is 1. The highest BCUT2D eigenvalue weighted by atomic mass is 19.1. The quantitative estimate of drug-likeness (QED) is 0.329. The van der Waals surface area contributed by atoms with Crippen LogP contribution in [0.4, 0.5) is 27.5 Å². The molecule has 7 N–H and O–H groups in total. The Morgan fingerprint density at radius 1 is 1.40 bits per heavy atom. The lowest BCUT2D eigenvalue weighted by atomic mass is 9.89. The lowest BCUT2D eigenvalue weighted by Gasteiger charge is -2.32. The molecule has 1 fully saturated rings. The fraction of sp³-hybridized carbons (Fsp3) is 0.368. The van der Waals surface area contributed by atoms with Gasteiger partial charge in [0.15, 0.2) is 0 Å². The number of primary amides is 1. The highest BCUT2D eigenvalue weighted by Crippen LogP contribution is 2.26. The fourth-order valence-corrected chi connectivity index (χ4v) is 3.18. The van der Waals surface area contributed by atoms with Crippen LogP contribution in [0.5, 0.6) is 0 Å². The third-order valence-electron chi connectivity index (χ3n) is 4.71. The Labute approximate surface area is 172 Å². The van der Waals surface area contributed by atoms with Gasteiger partial charge in [-0.3, -0.25) is 4.79 Å². The molecule has 1 amide bonds. The van der Waals surface area contributed by atoms with Crippen LogP contribution in [0.1, 0.15) is 29.6 Å². The summed E-state index contributed by atoms with van der Waals surface area (Å²) in [5.74, 6) is -0.266. The molecule has 10 nitrogen and oxygen atoms in total. The van der Waals surface area contributed by atoms with E-state index in [1.807, 2.05) is 0 Å². The summed E-state index contributed by atoms with van der Waals surface area (Å²) in [6.45, 7) is 0.188. The van der Waals surface area contributed by atoms with E-state index in [1.54, 1.807) is 24.3 Å². The van der Waals surface area contributed by atoms with Crippen LogP contribution in [0.15, 0.2) is 40.7 Å². The van der Waals surface area contributed by atoms with E-state index >= 15 is 0 Å². The Balaban J connectivity index is 1.82. The van der Waals surface area contributed by atoms with Crippen molar-refractivity contribution in [2.24, 2.45) is 21.7 Å². The van der Waals surface area contributed by atoms with Gasteiger partial charge in [-0.1, -0.05) is 6.07 Å². The van der Waals surface area contributed by atoms with Gasteiger partial charge in [-0.05, 0) is 37.5 Å². The Kier molecular flexibility index (Phi) is 6.96. The van der Waals surface area contributed by atoms with Crippen LogP contribution in [0.2, 0.25) is 0 Å². The zero-order valence-electron chi connectivity index (χ0n) is 16.3. The van der Waals surface area contributed by atoms with Crippen molar-refractivity contribution in [3.8, 4) is 0 Å². The normalized spacial score (nSPS) is 21.3. The minimum absolute atomic E-state index is 0.104. The van der Waals surface area contributed by atoms with Crippen LogP contribution >= 0.6 is 0 Å². The van der Waals surface area contributed by atoms with E-state index in [9.17, 15) is 9.18 Å². The lowest BCUT2D eigenvalue weighted by molar-refractivity contribution is 0.100. The zero-order valence-corrected chi connectivity index (χ0v) is 16.3. The van der Waals surface area contributed by atoms with Gasteiger partial charge in [0.25, 0.3) is 5.91 Å². The maximum absolute atomic E-state index is 13.9. The van der Waals surface area contributed by atoms with Crippen LogP contribution in [0, 0.1) is 5.41 Å². The number of alkyl halides is 1. The average Bonchev–Trinajstić information content (AvgIpc) is 2.72. The first-order valence-corrected chi connectivity index (χ1v) is 9.54. The molecule has 1 aromatic heterocycles. The Morgan fingerprint density at radius 2 is 2.23 bits per heavy atom. The van der Waals surface area contributed by atoms with E-state index in [0.29, 0.717) is 24.2 Å². The number of nitrogens with zero attached hydrogens (tertiary/aromatic N) is 4. The molecule has 0 bridgehead atoms. The van der Waals surface area contributed by atoms with Crippen molar-refractivity contribution in [2.45, 2.75) is 37.5 Å². The van der Waals surface area contributed by atoms with E-state index < -0.39 is 18.1 Å². The summed E-state index contributed by atoms with van der Waals surface area (Å²) in [6, 6.07) is 6.02. The van der Waals surface area contributed by atoms with Crippen molar-refractivity contribution < 1.29 is 9.18 Å². The predicted octanol–water partition coefficient (Wildman–Crippen LogP) is 2.68. The molecular formula is C19H24FN9O. The standard InChI is InChI=1S/C19H24FN9O/c20-14-5-2-6-15(16(14)22)27-19-24-10-13(17(23)30)18(28-19)26-11-3-1-4-12(9-11)29-25-8-7-21/h1,3-4,7,9-10,14-16,21H,2,5-6,8,22H2,(H2,23,30)(H2,24,26,27,28). The molecule has 3 atom stereocenters. The monoisotopic (exact) mass is 413 g/mol. The number of halogens is 1. The molecule has 1 aromatic carbocycles. The topological polar surface area (TPSA) is 168 Å². The largest absolute Gasteiger partial charge is 0.365 e. The minimum atomic E-state index is -1.08. The van der Waals surface area contributed by atoms with Gasteiger partial charge >= 0.3 is 0 Å². The van der Waals surface area contributed by atoms with Crippen molar-refractivity contribution in [1.82, 2.24) is 9.97 Å². The van der Waals surface area contributed by atoms with Crippen LogP contribution in [0.25, 0.3) is 0 Å². The number of nitrogens with two attached hydrogens (primary N) is 2. The highest BCUT2D eigenvalue weighted by molar-refractivity contribution is 5.98. The number of nitrogens with one attached hydrogen (secondary N) is 3. The molecule has 1 aliphatic rings. The molecule has 1 saturated carbocycles. The second-order valence-corrected chi connectivity index (χ2v) is 6.90. The summed E-state index contributed by atoms with van der Waals surface area (Å²) in [7, 11) is 0. The molecule has 0 spiro atoms. The van der Waals surface area contributed by atoms with Crippen molar-refractivity contribution in [3.63, 3.8) is 0 Å². The number of carbonyl (C=O) groups excluding carboxylic acids is 1. The number of azo groups is 1. The molecular weight excluding hydrogens is 389 g/mol. The van der Waals surface area contributed by atoms with Crippen molar-refractivity contribution in [2.75, 3.05) is 17.2 Å². The molecule has 3 unspecified atom stereocenters. The summed E-state index contributed by atoms with van der Waals surface area (Å²) in [5, 5.41) is 20.9. The second-order valence-electron chi connectivity index (χ2n) is 6.90. The van der Waals surface area contributed by atoms with Crippen LogP contribution < -0.4 is 22.1 Å². The van der Waals surface area contributed by atoms with Gasteiger partial charge in [0.1, 0.15) is 17.6 Å². The Bertz CT molecular complexity index is 936. The molecule has 2 aromatic rings. The summed E-state index contributed by atoms with van der Waals surface area (Å²) < 4.78 is 13.9. The van der Waals surface area contributed by atoms with Crippen LogP contribution in [0.3, 0.4) is 0 Å². The van der Waals surface area contributed by atoms with Gasteiger partial charge < -0.3 is 27.5 Å². The van der Waals surface area contributed by atoms with Gasteiger partial charge in [-0.15, -0.1) is 0 Å². The zero-order chi connectivity index (χ0) is 21.5. The molecule has 1 heterocycles. The summed E-state index contributed by atoms with van der Waals surface area (Å²) in [5.41, 5.74) is 12.7. The summed E-state index contributed by atoms with van der Waals surface area (Å²) in [6.07, 6.45) is 3.24. The first-order chi connectivity index (χ1) is 14.5. The number of aromatic nitrogens is 2. The van der Waals surface area contributed by atoms with Crippen molar-refractivity contribution in [3.05, 3.63) is 36.0 Å². The Hall–Kier alpha value is -3.47. The Morgan fingerprint density at radius 3 is 3.00 bits per heavy atom. The number of hydrogen-bond acceptors (Lipinski definition) is 9. The smallest absolute Gasteiger partial charge is 0.254 e. The third kappa shape index (κ3) is 5.32. The average molecular weight is 413 g/mol. The molecule has 0 saturated heterocycles. The fourth-order valence-electron chi connectivity index (χ4n) is 3.18. The lowest BCUT2D eigenvalue weighted by Crippen LogP contribution is -2.49. The third-order valence-corrected chi connectivity index (χ3v) is 4.71. The van der Waals surface area contributed by atoms with Crippen molar-refractivity contribution >= 4 is 35.3 Å². The molecule has 11 heteroatoms. The number of benzene rings is 1. The predicted molar refractivity (Wildman–Crippen MR) is 113 cm³/mol. The second kappa shape index (κ2) is 9.83. The number of anilines is 3. The molecule has 3 rings (SSSR count). The van der Waals surface area contributed by atoms with Crippen LogP contribution in [-0.2, 0) is 0 Å². The maximum atomic E-state index is 13.9. The van der Waals surface area contributed by atoms with Gasteiger partial charge in [-0.2, -0.15) is 15.2 Å². The molecule has 0 radical (unpaired) electrons. The number of amides is 1. The van der Waals surface area contributed by atoms with Crippen LogP contribution in [-0.4, -0.2) is 46.9 Å². The highest BCUT2D eigenvalue weighted by Gasteiger charge is 2.31. The molecule has 0 aliphatic heterocycles. The van der Waals surface area contributed by atoms with Gasteiger partial charge in [0, 0.05) is 24.1 Å². The number of rotatable bonds is 8. The number of hydrogen-bond donors (Lipinski definition) is 5. The summed E-state index contributed by atoms with van der Waals surface area (Å²) >= 11 is 0. The maximum Gasteiger partial charge on any atom is 0.254 e. The van der Waals surface area contributed by atoms with Gasteiger partial charge in [0.2, 0.25) is 5.95 Å². The van der Waals surface area contributed by atoms with E-state index in [4.69, 9.17) is 16.9 Å². The van der Waals surface area contributed by atoms with E-state index in [0.717, 1.165) is 12.6 Å². The minimum Gasteiger partial charge on any atom is -0.365 e. The summed E-state index contributed by atoms with van der Waals surface area (Å²) in [4.78, 5) is 20.3. The molecule has 158 valence electrons. The van der Waals surface area contributed by atoms with E-state index in [-0.39, 0.29) is 29.9 Å². The van der Waals surface area contributed by atoms with Gasteiger partial charge in [0.05, 0.1) is 18.3 Å². The molecule has 30 heavy (non-hydrogen) atoms. The van der Waals surface area contributed by atoms with E-state index in [2.05, 4.69) is 30.8 Å². The SMILES string of the molecule is N=CCN=Nc1cccc(Nc2nc(NC3CCCC(F)C3N)ncc2C(N)=O)c1. The van der Waals surface area contributed by atoms with Gasteiger partial charge in [-0.25, -0.2) is 9.37 Å². The van der Waals surface area contributed by atoms with E-state index in [1.165, 1.54) is 6.20 Å². The van der Waals surface area contributed by atoms with Crippen molar-refractivity contribution in [1.29, 1.82) is 5.41 Å². The first kappa shape index (κ1) is 21.2. The first-order valence-electron chi connectivity index (χ1n) is 9.54.